The molecule has 1 fully saturated rings. The Hall–Kier alpha value is -2.60. The van der Waals surface area contributed by atoms with E-state index in [9.17, 15) is 9.59 Å². The van der Waals surface area contributed by atoms with Crippen LogP contribution < -0.4 is 0 Å². The number of aryl methyl sites for hydroxylation is 1. The van der Waals surface area contributed by atoms with Gasteiger partial charge >= 0.3 is 5.97 Å². The fourth-order valence-corrected chi connectivity index (χ4v) is 4.92. The van der Waals surface area contributed by atoms with Crippen molar-refractivity contribution in [3.63, 3.8) is 0 Å². The first-order valence-corrected chi connectivity index (χ1v) is 11.0. The highest BCUT2D eigenvalue weighted by molar-refractivity contribution is 7.17. The molecule has 0 aliphatic carbocycles. The summed E-state index contributed by atoms with van der Waals surface area (Å²) in [6.07, 6.45) is 1.60. The summed E-state index contributed by atoms with van der Waals surface area (Å²) in [5.41, 5.74) is 4.15. The van der Waals surface area contributed by atoms with Gasteiger partial charge in [-0.2, -0.15) is 0 Å². The molecule has 0 saturated carbocycles. The molecule has 1 saturated heterocycles. The number of amides is 1. The molecule has 0 radical (unpaired) electrons. The Morgan fingerprint density at radius 3 is 2.90 bits per heavy atom. The number of piperidine rings is 1. The minimum absolute atomic E-state index is 0.00458. The number of esters is 1. The van der Waals surface area contributed by atoms with Gasteiger partial charge in [0, 0.05) is 19.6 Å². The molecule has 1 amide bonds. The lowest BCUT2D eigenvalue weighted by molar-refractivity contribution is -0.149. The number of hydrogen-bond donors (Lipinski definition) is 0. The van der Waals surface area contributed by atoms with Crippen LogP contribution in [0.4, 0.5) is 0 Å². The minimum atomic E-state index is -0.228. The second-order valence-electron chi connectivity index (χ2n) is 7.62. The van der Waals surface area contributed by atoms with Gasteiger partial charge in [0.1, 0.15) is 5.69 Å². The number of ether oxygens (including phenoxy) is 1. The maximum atomic E-state index is 13.4. The Labute approximate surface area is 174 Å². The molecule has 3 aromatic rings. The smallest absolute Gasteiger partial charge is 0.310 e. The van der Waals surface area contributed by atoms with Crippen molar-refractivity contribution in [2.45, 2.75) is 33.2 Å². The van der Waals surface area contributed by atoms with Gasteiger partial charge in [0.15, 0.2) is 0 Å². The van der Waals surface area contributed by atoms with Gasteiger partial charge in [0.2, 0.25) is 0 Å². The summed E-state index contributed by atoms with van der Waals surface area (Å²) in [6, 6.07) is 12.4. The van der Waals surface area contributed by atoms with Crippen LogP contribution in [0.3, 0.4) is 0 Å². The number of rotatable bonds is 5. The molecule has 2 aromatic heterocycles. The predicted molar refractivity (Wildman–Crippen MR) is 115 cm³/mol. The van der Waals surface area contributed by atoms with Crippen LogP contribution in [-0.2, 0) is 16.1 Å². The Kier molecular flexibility index (Phi) is 5.72. The second-order valence-corrected chi connectivity index (χ2v) is 8.56. The molecule has 6 heteroatoms. The first-order valence-electron chi connectivity index (χ1n) is 10.1. The van der Waals surface area contributed by atoms with Gasteiger partial charge in [-0.15, -0.1) is 11.3 Å². The molecular weight excluding hydrogens is 384 g/mol. The van der Waals surface area contributed by atoms with E-state index in [1.807, 2.05) is 17.9 Å². The number of nitrogens with zero attached hydrogens (tertiary/aromatic N) is 2. The molecule has 1 aromatic carbocycles. The Morgan fingerprint density at radius 1 is 1.24 bits per heavy atom. The summed E-state index contributed by atoms with van der Waals surface area (Å²) in [5, 5.41) is 2.06. The molecule has 4 rings (SSSR count). The van der Waals surface area contributed by atoms with E-state index in [0.29, 0.717) is 31.9 Å². The van der Waals surface area contributed by atoms with E-state index in [1.54, 1.807) is 11.3 Å². The number of aromatic nitrogens is 1. The molecule has 1 aliphatic rings. The van der Waals surface area contributed by atoms with E-state index < -0.39 is 0 Å². The zero-order valence-corrected chi connectivity index (χ0v) is 17.7. The van der Waals surface area contributed by atoms with E-state index in [2.05, 4.69) is 47.2 Å². The molecule has 0 N–H and O–H groups in total. The van der Waals surface area contributed by atoms with Crippen LogP contribution >= 0.6 is 11.3 Å². The predicted octanol–water partition coefficient (Wildman–Crippen LogP) is 4.47. The molecule has 1 atom stereocenters. The van der Waals surface area contributed by atoms with Gasteiger partial charge in [-0.1, -0.05) is 29.8 Å². The van der Waals surface area contributed by atoms with Gasteiger partial charge < -0.3 is 14.2 Å². The third-order valence-corrected chi connectivity index (χ3v) is 6.35. The van der Waals surface area contributed by atoms with Crippen LogP contribution in [0.15, 0.2) is 41.8 Å². The van der Waals surface area contributed by atoms with E-state index in [4.69, 9.17) is 4.74 Å². The molecule has 1 aliphatic heterocycles. The average molecular weight is 411 g/mol. The van der Waals surface area contributed by atoms with Crippen molar-refractivity contribution in [1.82, 2.24) is 9.47 Å². The maximum Gasteiger partial charge on any atom is 0.310 e. The van der Waals surface area contributed by atoms with E-state index in [0.717, 1.165) is 23.1 Å². The van der Waals surface area contributed by atoms with E-state index >= 15 is 0 Å². The van der Waals surface area contributed by atoms with Crippen molar-refractivity contribution < 1.29 is 14.3 Å². The second kappa shape index (κ2) is 8.41. The molecule has 152 valence electrons. The Morgan fingerprint density at radius 2 is 2.10 bits per heavy atom. The van der Waals surface area contributed by atoms with Gasteiger partial charge in [0.25, 0.3) is 5.91 Å². The highest BCUT2D eigenvalue weighted by Crippen LogP contribution is 2.28. The van der Waals surface area contributed by atoms with Crippen LogP contribution in [0.25, 0.3) is 10.2 Å². The van der Waals surface area contributed by atoms with Gasteiger partial charge in [-0.3, -0.25) is 9.59 Å². The lowest BCUT2D eigenvalue weighted by atomic mass is 9.98. The van der Waals surface area contributed by atoms with Crippen LogP contribution in [0.2, 0.25) is 0 Å². The van der Waals surface area contributed by atoms with Crippen LogP contribution in [-0.4, -0.2) is 41.0 Å². The summed E-state index contributed by atoms with van der Waals surface area (Å²) >= 11 is 1.65. The zero-order chi connectivity index (χ0) is 20.4. The largest absolute Gasteiger partial charge is 0.466 e. The number of likely N-dealkylation sites (tertiary alicyclic amines) is 1. The third kappa shape index (κ3) is 4.08. The van der Waals surface area contributed by atoms with E-state index in [1.165, 1.54) is 11.1 Å². The van der Waals surface area contributed by atoms with Crippen LogP contribution in [0.1, 0.15) is 41.4 Å². The topological polar surface area (TPSA) is 51.5 Å². The summed E-state index contributed by atoms with van der Waals surface area (Å²) in [4.78, 5) is 27.4. The molecule has 5 nitrogen and oxygen atoms in total. The summed E-state index contributed by atoms with van der Waals surface area (Å²) < 4.78 is 8.40. The summed E-state index contributed by atoms with van der Waals surface area (Å²) in [5.74, 6) is -0.426. The van der Waals surface area contributed by atoms with Crippen molar-refractivity contribution in [1.29, 1.82) is 0 Å². The zero-order valence-electron chi connectivity index (χ0n) is 16.9. The van der Waals surface area contributed by atoms with Crippen molar-refractivity contribution in [2.24, 2.45) is 5.92 Å². The number of fused-ring (bicyclic) bond motifs is 1. The van der Waals surface area contributed by atoms with Crippen molar-refractivity contribution in [2.75, 3.05) is 19.7 Å². The van der Waals surface area contributed by atoms with Gasteiger partial charge in [-0.25, -0.2) is 0 Å². The number of thiophene rings is 1. The average Bonchev–Trinajstić information content (AvgIpc) is 3.30. The number of carbonyl (C=O) groups is 2. The van der Waals surface area contributed by atoms with E-state index in [-0.39, 0.29) is 17.8 Å². The molecule has 0 bridgehead atoms. The number of hydrogen-bond acceptors (Lipinski definition) is 4. The standard InChI is InChI=1S/C23H26N2O3S/c1-3-28-23(27)18-8-5-10-24(15-18)22(26)20-13-21-19(9-11-29-21)25(20)14-17-7-4-6-16(2)12-17/h4,6-7,9,11-13,18H,3,5,8,10,14-15H2,1-2H3/t18-/m1/s1. The highest BCUT2D eigenvalue weighted by atomic mass is 32.1. The molecule has 0 spiro atoms. The first-order chi connectivity index (χ1) is 14.1. The SMILES string of the molecule is CCOC(=O)[C@@H]1CCCN(C(=O)c2cc3sccc3n2Cc2cccc(C)c2)C1. The van der Waals surface area contributed by atoms with Crippen LogP contribution in [0.5, 0.6) is 0 Å². The normalized spacial score (nSPS) is 16.9. The fraction of sp³-hybridized carbons (Fsp3) is 0.391. The molecule has 3 heterocycles. The lowest BCUT2D eigenvalue weighted by Gasteiger charge is -2.31. The number of carbonyl (C=O) groups excluding carboxylic acids is 2. The minimum Gasteiger partial charge on any atom is -0.466 e. The first kappa shape index (κ1) is 19.7. The Balaban J connectivity index is 1.62. The third-order valence-electron chi connectivity index (χ3n) is 5.49. The fourth-order valence-electron chi connectivity index (χ4n) is 4.09. The van der Waals surface area contributed by atoms with Gasteiger partial charge in [-0.05, 0) is 49.8 Å². The Bertz CT molecular complexity index is 1040. The summed E-state index contributed by atoms with van der Waals surface area (Å²) in [6.45, 7) is 6.03. The lowest BCUT2D eigenvalue weighted by Crippen LogP contribution is -2.43. The monoisotopic (exact) mass is 410 g/mol. The van der Waals surface area contributed by atoms with Crippen molar-refractivity contribution >= 4 is 33.4 Å². The van der Waals surface area contributed by atoms with Crippen molar-refractivity contribution in [3.05, 3.63) is 58.6 Å². The quantitative estimate of drug-likeness (QED) is 0.583. The number of benzene rings is 1. The highest BCUT2D eigenvalue weighted by Gasteiger charge is 2.31. The van der Waals surface area contributed by atoms with Crippen molar-refractivity contribution in [3.8, 4) is 0 Å². The molecular formula is C23H26N2O3S. The van der Waals surface area contributed by atoms with Crippen LogP contribution in [0, 0.1) is 12.8 Å². The molecule has 0 unspecified atom stereocenters. The molecule has 29 heavy (non-hydrogen) atoms. The summed E-state index contributed by atoms with van der Waals surface area (Å²) in [7, 11) is 0. The van der Waals surface area contributed by atoms with Gasteiger partial charge in [0.05, 0.1) is 22.7 Å². The maximum absolute atomic E-state index is 13.4.